The van der Waals surface area contributed by atoms with E-state index in [1.165, 1.54) is 24.3 Å². The van der Waals surface area contributed by atoms with Gasteiger partial charge in [0.25, 0.3) is 11.6 Å². The molecule has 0 spiro atoms. The number of urea groups is 1. The molecule has 1 aliphatic heterocycles. The lowest BCUT2D eigenvalue weighted by Crippen LogP contribution is -2.42. The Bertz CT molecular complexity index is 913. The van der Waals surface area contributed by atoms with Crippen LogP contribution in [0.25, 0.3) is 0 Å². The minimum Gasteiger partial charge on any atom is -0.325 e. The number of nitrogens with one attached hydrogen (secondary N) is 2. The molecule has 1 atom stereocenters. The molecule has 1 heterocycles. The second-order valence-corrected chi connectivity index (χ2v) is 6.16. The zero-order chi connectivity index (χ0) is 19.6. The molecule has 0 aliphatic carbocycles. The molecule has 138 valence electrons. The smallest absolute Gasteiger partial charge is 0.325 e. The number of amides is 4. The molecule has 9 heteroatoms. The predicted molar refractivity (Wildman–Crippen MR) is 95.8 cm³/mol. The molecule has 0 saturated carbocycles. The van der Waals surface area contributed by atoms with Crippen molar-refractivity contribution in [3.63, 3.8) is 0 Å². The van der Waals surface area contributed by atoms with Gasteiger partial charge in [-0.25, -0.2) is 4.79 Å². The van der Waals surface area contributed by atoms with Gasteiger partial charge in [0.1, 0.15) is 12.1 Å². The number of anilines is 1. The molecule has 2 aromatic rings. The highest BCUT2D eigenvalue weighted by atomic mass is 16.6. The monoisotopic (exact) mass is 368 g/mol. The van der Waals surface area contributed by atoms with Gasteiger partial charge in [0.2, 0.25) is 5.91 Å². The second-order valence-electron chi connectivity index (χ2n) is 6.16. The molecule has 2 aromatic carbocycles. The zero-order valence-corrected chi connectivity index (χ0v) is 14.3. The van der Waals surface area contributed by atoms with E-state index in [-0.39, 0.29) is 5.69 Å². The first-order valence-electron chi connectivity index (χ1n) is 8.05. The lowest BCUT2D eigenvalue weighted by molar-refractivity contribution is -0.384. The van der Waals surface area contributed by atoms with E-state index in [0.29, 0.717) is 11.3 Å². The Labute approximate surface area is 154 Å². The fourth-order valence-corrected chi connectivity index (χ4v) is 2.82. The Kier molecular flexibility index (Phi) is 4.59. The maximum absolute atomic E-state index is 12.7. The van der Waals surface area contributed by atoms with E-state index in [9.17, 15) is 24.5 Å². The molecular formula is C18H16N4O5. The molecule has 0 bridgehead atoms. The molecule has 0 unspecified atom stereocenters. The Morgan fingerprint density at radius 3 is 2.37 bits per heavy atom. The number of hydrogen-bond acceptors (Lipinski definition) is 5. The molecule has 3 rings (SSSR count). The van der Waals surface area contributed by atoms with Gasteiger partial charge in [-0.05, 0) is 24.6 Å². The summed E-state index contributed by atoms with van der Waals surface area (Å²) in [7, 11) is 0. The van der Waals surface area contributed by atoms with Gasteiger partial charge in [-0.1, -0.05) is 30.3 Å². The Balaban J connectivity index is 1.70. The Morgan fingerprint density at radius 2 is 1.78 bits per heavy atom. The molecular weight excluding hydrogens is 352 g/mol. The Hall–Kier alpha value is -3.75. The van der Waals surface area contributed by atoms with Crippen LogP contribution in [0.2, 0.25) is 0 Å². The van der Waals surface area contributed by atoms with E-state index in [2.05, 4.69) is 10.6 Å². The number of hydrogen-bond donors (Lipinski definition) is 2. The highest BCUT2D eigenvalue weighted by Crippen LogP contribution is 2.28. The molecule has 0 radical (unpaired) electrons. The summed E-state index contributed by atoms with van der Waals surface area (Å²) in [6.45, 7) is 1.11. The van der Waals surface area contributed by atoms with Gasteiger partial charge in [-0.2, -0.15) is 0 Å². The predicted octanol–water partition coefficient (Wildman–Crippen LogP) is 2.00. The fourth-order valence-electron chi connectivity index (χ4n) is 2.82. The summed E-state index contributed by atoms with van der Waals surface area (Å²) in [6, 6.07) is 13.3. The van der Waals surface area contributed by atoms with Crippen molar-refractivity contribution in [3.8, 4) is 0 Å². The third-order valence-electron chi connectivity index (χ3n) is 4.29. The van der Waals surface area contributed by atoms with E-state index < -0.39 is 34.9 Å². The minimum absolute atomic E-state index is 0.110. The number of benzene rings is 2. The number of carbonyl (C=O) groups excluding carboxylic acids is 3. The summed E-state index contributed by atoms with van der Waals surface area (Å²) in [5.41, 5.74) is -0.419. The maximum atomic E-state index is 12.7. The topological polar surface area (TPSA) is 122 Å². The molecule has 0 aromatic heterocycles. The third-order valence-corrected chi connectivity index (χ3v) is 4.29. The number of nitro groups is 1. The van der Waals surface area contributed by atoms with Crippen LogP contribution in [0.1, 0.15) is 12.5 Å². The van der Waals surface area contributed by atoms with Crippen molar-refractivity contribution in [1.82, 2.24) is 10.2 Å². The Morgan fingerprint density at radius 1 is 1.15 bits per heavy atom. The zero-order valence-electron chi connectivity index (χ0n) is 14.3. The van der Waals surface area contributed by atoms with Gasteiger partial charge < -0.3 is 10.6 Å². The molecule has 2 N–H and O–H groups in total. The van der Waals surface area contributed by atoms with Crippen LogP contribution >= 0.6 is 0 Å². The van der Waals surface area contributed by atoms with Crippen LogP contribution in [0, 0.1) is 10.1 Å². The molecule has 27 heavy (non-hydrogen) atoms. The molecule has 1 saturated heterocycles. The third kappa shape index (κ3) is 3.47. The van der Waals surface area contributed by atoms with Crippen LogP contribution in [-0.4, -0.2) is 34.2 Å². The van der Waals surface area contributed by atoms with Crippen molar-refractivity contribution in [1.29, 1.82) is 0 Å². The van der Waals surface area contributed by atoms with E-state index in [4.69, 9.17) is 0 Å². The summed E-state index contributed by atoms with van der Waals surface area (Å²) in [6.07, 6.45) is 0. The lowest BCUT2D eigenvalue weighted by atomic mass is 9.92. The summed E-state index contributed by atoms with van der Waals surface area (Å²) >= 11 is 0. The normalized spacial score (nSPS) is 18.9. The maximum Gasteiger partial charge on any atom is 0.325 e. The lowest BCUT2D eigenvalue weighted by Gasteiger charge is -2.22. The number of nitrogens with zero attached hydrogens (tertiary/aromatic N) is 2. The van der Waals surface area contributed by atoms with E-state index in [1.807, 2.05) is 0 Å². The van der Waals surface area contributed by atoms with Gasteiger partial charge in [-0.15, -0.1) is 0 Å². The molecule has 9 nitrogen and oxygen atoms in total. The molecule has 4 amide bonds. The average Bonchev–Trinajstić information content (AvgIpc) is 2.87. The van der Waals surface area contributed by atoms with Crippen molar-refractivity contribution in [3.05, 3.63) is 70.3 Å². The first-order chi connectivity index (χ1) is 12.8. The van der Waals surface area contributed by atoms with Gasteiger partial charge in [-0.3, -0.25) is 24.6 Å². The highest BCUT2D eigenvalue weighted by molar-refractivity contribution is 6.10. The van der Waals surface area contributed by atoms with Gasteiger partial charge in [0, 0.05) is 17.8 Å². The summed E-state index contributed by atoms with van der Waals surface area (Å²) in [5.74, 6) is -1.12. The van der Waals surface area contributed by atoms with Crippen molar-refractivity contribution in [2.75, 3.05) is 11.9 Å². The van der Waals surface area contributed by atoms with Crippen molar-refractivity contribution >= 4 is 29.2 Å². The first kappa shape index (κ1) is 18.1. The number of non-ortho nitro benzene ring substituents is 1. The van der Waals surface area contributed by atoms with E-state index in [0.717, 1.165) is 4.90 Å². The van der Waals surface area contributed by atoms with E-state index in [1.54, 1.807) is 37.3 Å². The number of imide groups is 1. The number of nitro benzene ring substituents is 1. The quantitative estimate of drug-likeness (QED) is 0.475. The van der Waals surface area contributed by atoms with Crippen LogP contribution in [0.3, 0.4) is 0 Å². The SMILES string of the molecule is C[C@]1(c2ccccc2)NC(=O)N(CC(=O)Nc2ccc([N+](=O)[O-])cc2)C1=O. The van der Waals surface area contributed by atoms with Gasteiger partial charge >= 0.3 is 6.03 Å². The van der Waals surface area contributed by atoms with Gasteiger partial charge in [0.05, 0.1) is 4.92 Å². The van der Waals surface area contributed by atoms with Crippen LogP contribution in [0.15, 0.2) is 54.6 Å². The highest BCUT2D eigenvalue weighted by Gasteiger charge is 2.49. The van der Waals surface area contributed by atoms with E-state index >= 15 is 0 Å². The largest absolute Gasteiger partial charge is 0.325 e. The summed E-state index contributed by atoms with van der Waals surface area (Å²) in [5, 5.41) is 15.8. The van der Waals surface area contributed by atoms with Gasteiger partial charge in [0.15, 0.2) is 0 Å². The second kappa shape index (κ2) is 6.87. The summed E-state index contributed by atoms with van der Waals surface area (Å²) < 4.78 is 0. The van der Waals surface area contributed by atoms with Crippen LogP contribution in [0.4, 0.5) is 16.2 Å². The first-order valence-corrected chi connectivity index (χ1v) is 8.05. The van der Waals surface area contributed by atoms with Crippen molar-refractivity contribution in [2.45, 2.75) is 12.5 Å². The molecule has 1 aliphatic rings. The standard InChI is InChI=1S/C18H16N4O5/c1-18(12-5-3-2-4-6-12)16(24)21(17(25)20-18)11-15(23)19-13-7-9-14(10-8-13)22(26)27/h2-10H,11H2,1H3,(H,19,23)(H,20,25)/t18-/m1/s1. The van der Waals surface area contributed by atoms with Crippen LogP contribution in [0.5, 0.6) is 0 Å². The van der Waals surface area contributed by atoms with Crippen LogP contribution in [-0.2, 0) is 15.1 Å². The molecule has 1 fully saturated rings. The average molecular weight is 368 g/mol. The number of rotatable bonds is 5. The fraction of sp³-hybridized carbons (Fsp3) is 0.167. The van der Waals surface area contributed by atoms with Crippen molar-refractivity contribution in [2.24, 2.45) is 0 Å². The van der Waals surface area contributed by atoms with Crippen LogP contribution < -0.4 is 10.6 Å². The van der Waals surface area contributed by atoms with Crippen molar-refractivity contribution < 1.29 is 19.3 Å². The summed E-state index contributed by atoms with van der Waals surface area (Å²) in [4.78, 5) is 48.1. The number of carbonyl (C=O) groups is 3. The minimum atomic E-state index is -1.24.